The first kappa shape index (κ1) is 15.3. The zero-order valence-corrected chi connectivity index (χ0v) is 13.1. The van der Waals surface area contributed by atoms with Gasteiger partial charge >= 0.3 is 5.97 Å². The van der Waals surface area contributed by atoms with Crippen LogP contribution in [0.2, 0.25) is 0 Å². The molecule has 2 rings (SSSR count). The number of carboxylic acids is 1. The van der Waals surface area contributed by atoms with Gasteiger partial charge in [-0.2, -0.15) is 0 Å². The van der Waals surface area contributed by atoms with Gasteiger partial charge in [-0.05, 0) is 38.8 Å². The average molecular weight is 282 g/mol. The van der Waals surface area contributed by atoms with Gasteiger partial charge in [0.25, 0.3) is 0 Å². The fourth-order valence-corrected chi connectivity index (χ4v) is 3.65. The monoisotopic (exact) mass is 282 g/mol. The fraction of sp³-hybridized carbons (Fsp3) is 0.867. The van der Waals surface area contributed by atoms with Crippen LogP contribution in [0.25, 0.3) is 0 Å². The van der Waals surface area contributed by atoms with Crippen molar-refractivity contribution in [2.75, 3.05) is 27.7 Å². The van der Waals surface area contributed by atoms with Crippen molar-refractivity contribution in [1.29, 1.82) is 0 Å². The summed E-state index contributed by atoms with van der Waals surface area (Å²) in [7, 11) is 5.91. The van der Waals surface area contributed by atoms with Crippen LogP contribution in [0.1, 0.15) is 33.1 Å². The molecule has 0 unspecified atom stereocenters. The van der Waals surface area contributed by atoms with E-state index in [-0.39, 0.29) is 17.4 Å². The summed E-state index contributed by atoms with van der Waals surface area (Å²) in [5.74, 6) is -1.78. The smallest absolute Gasteiger partial charge is 0.307 e. The predicted molar refractivity (Wildman–Crippen MR) is 76.3 cm³/mol. The van der Waals surface area contributed by atoms with E-state index in [0.29, 0.717) is 6.54 Å². The first-order valence-electron chi connectivity index (χ1n) is 7.29. The molecule has 1 amide bonds. The molecule has 0 aliphatic heterocycles. The highest BCUT2D eigenvalue weighted by molar-refractivity contribution is 5.91. The maximum absolute atomic E-state index is 12.5. The molecule has 1 N–H and O–H groups in total. The normalized spacial score (nSPS) is 29.7. The van der Waals surface area contributed by atoms with Gasteiger partial charge in [0.2, 0.25) is 5.91 Å². The van der Waals surface area contributed by atoms with Crippen molar-refractivity contribution in [1.82, 2.24) is 9.80 Å². The maximum atomic E-state index is 12.5. The fourth-order valence-electron chi connectivity index (χ4n) is 3.65. The van der Waals surface area contributed by atoms with Gasteiger partial charge in [0, 0.05) is 19.1 Å². The number of hydrogen-bond acceptors (Lipinski definition) is 3. The van der Waals surface area contributed by atoms with E-state index in [1.807, 2.05) is 13.8 Å². The zero-order chi connectivity index (χ0) is 15.3. The second kappa shape index (κ2) is 4.72. The number of amides is 1. The van der Waals surface area contributed by atoms with Crippen molar-refractivity contribution in [3.05, 3.63) is 0 Å². The summed E-state index contributed by atoms with van der Waals surface area (Å²) in [4.78, 5) is 27.7. The molecule has 2 saturated carbocycles. The number of carbonyl (C=O) groups excluding carboxylic acids is 1. The van der Waals surface area contributed by atoms with Gasteiger partial charge in [-0.1, -0.05) is 13.8 Å². The number of aliphatic carboxylic acids is 1. The van der Waals surface area contributed by atoms with Gasteiger partial charge in [-0.15, -0.1) is 0 Å². The Kier molecular flexibility index (Phi) is 3.61. The van der Waals surface area contributed by atoms with Gasteiger partial charge in [-0.25, -0.2) is 0 Å². The molecular weight excluding hydrogens is 256 g/mol. The van der Waals surface area contributed by atoms with Crippen LogP contribution >= 0.6 is 0 Å². The Morgan fingerprint density at radius 2 is 1.70 bits per heavy atom. The van der Waals surface area contributed by atoms with E-state index in [1.165, 1.54) is 6.42 Å². The van der Waals surface area contributed by atoms with E-state index in [4.69, 9.17) is 0 Å². The number of hydrogen-bond donors (Lipinski definition) is 1. The number of rotatable bonds is 5. The van der Waals surface area contributed by atoms with Crippen LogP contribution in [-0.4, -0.2) is 60.0 Å². The minimum Gasteiger partial charge on any atom is -0.481 e. The lowest BCUT2D eigenvalue weighted by molar-refractivity contribution is -0.142. The van der Waals surface area contributed by atoms with Gasteiger partial charge in [0.05, 0.1) is 11.8 Å². The van der Waals surface area contributed by atoms with Crippen LogP contribution < -0.4 is 0 Å². The van der Waals surface area contributed by atoms with E-state index >= 15 is 0 Å². The molecule has 0 bridgehead atoms. The molecule has 0 radical (unpaired) electrons. The van der Waals surface area contributed by atoms with E-state index in [1.54, 1.807) is 11.9 Å². The molecule has 5 heteroatoms. The lowest BCUT2D eigenvalue weighted by atomic mass is 9.75. The van der Waals surface area contributed by atoms with Crippen LogP contribution in [0, 0.1) is 17.3 Å². The standard InChI is InChI=1S/C15H26N2O3/c1-14(2)10(11(14)13(19)20)12(18)17(5)9-15(16(3)4)7-6-8-15/h10-11H,6-9H2,1-5H3,(H,19,20)/t10-,11+/m1/s1. The molecule has 2 fully saturated rings. The summed E-state index contributed by atoms with van der Waals surface area (Å²) in [6.45, 7) is 4.43. The second-order valence-corrected chi connectivity index (χ2v) is 7.28. The quantitative estimate of drug-likeness (QED) is 0.825. The summed E-state index contributed by atoms with van der Waals surface area (Å²) in [6.07, 6.45) is 3.41. The molecule has 2 atom stereocenters. The Bertz CT molecular complexity index is 427. The molecule has 0 heterocycles. The van der Waals surface area contributed by atoms with Crippen molar-refractivity contribution in [3.63, 3.8) is 0 Å². The van der Waals surface area contributed by atoms with Crippen molar-refractivity contribution >= 4 is 11.9 Å². The molecule has 0 aromatic heterocycles. The minimum atomic E-state index is -0.854. The van der Waals surface area contributed by atoms with Crippen LogP contribution in [0.15, 0.2) is 0 Å². The van der Waals surface area contributed by atoms with Crippen LogP contribution in [0.5, 0.6) is 0 Å². The summed E-state index contributed by atoms with van der Waals surface area (Å²) in [6, 6.07) is 0. The van der Waals surface area contributed by atoms with Crippen molar-refractivity contribution in [2.45, 2.75) is 38.6 Å². The highest BCUT2D eigenvalue weighted by Gasteiger charge is 2.66. The first-order valence-corrected chi connectivity index (χ1v) is 7.29. The maximum Gasteiger partial charge on any atom is 0.307 e. The highest BCUT2D eigenvalue weighted by Crippen LogP contribution is 2.59. The lowest BCUT2D eigenvalue weighted by Gasteiger charge is -2.49. The van der Waals surface area contributed by atoms with Gasteiger partial charge in [0.1, 0.15) is 0 Å². The Balaban J connectivity index is 2.02. The van der Waals surface area contributed by atoms with Gasteiger partial charge < -0.3 is 14.9 Å². The Morgan fingerprint density at radius 1 is 1.15 bits per heavy atom. The minimum absolute atomic E-state index is 0.0180. The average Bonchev–Trinajstić information content (AvgIpc) is 2.85. The molecule has 0 saturated heterocycles. The van der Waals surface area contributed by atoms with Crippen LogP contribution in [0.4, 0.5) is 0 Å². The summed E-state index contributed by atoms with van der Waals surface area (Å²) < 4.78 is 0. The number of carboxylic acid groups (broad SMARTS) is 1. The molecule has 0 spiro atoms. The van der Waals surface area contributed by atoms with Gasteiger partial charge in [0.15, 0.2) is 0 Å². The third-order valence-corrected chi connectivity index (χ3v) is 5.50. The van der Waals surface area contributed by atoms with Crippen LogP contribution in [0.3, 0.4) is 0 Å². The number of carbonyl (C=O) groups is 2. The zero-order valence-electron chi connectivity index (χ0n) is 13.1. The molecule has 2 aliphatic rings. The van der Waals surface area contributed by atoms with Crippen LogP contribution in [-0.2, 0) is 9.59 Å². The van der Waals surface area contributed by atoms with E-state index < -0.39 is 17.3 Å². The van der Waals surface area contributed by atoms with Crippen molar-refractivity contribution in [3.8, 4) is 0 Å². The first-order chi connectivity index (χ1) is 9.13. The molecule has 20 heavy (non-hydrogen) atoms. The van der Waals surface area contributed by atoms with Crippen molar-refractivity contribution in [2.24, 2.45) is 17.3 Å². The van der Waals surface area contributed by atoms with Gasteiger partial charge in [-0.3, -0.25) is 9.59 Å². The number of likely N-dealkylation sites (N-methyl/N-ethyl adjacent to an activating group) is 2. The highest BCUT2D eigenvalue weighted by atomic mass is 16.4. The lowest BCUT2D eigenvalue weighted by Crippen LogP contribution is -2.57. The molecule has 5 nitrogen and oxygen atoms in total. The number of nitrogens with zero attached hydrogens (tertiary/aromatic N) is 2. The molecule has 0 aromatic rings. The largest absolute Gasteiger partial charge is 0.481 e. The summed E-state index contributed by atoms with van der Waals surface area (Å²) in [5.41, 5.74) is -0.329. The Morgan fingerprint density at radius 3 is 2.00 bits per heavy atom. The third-order valence-electron chi connectivity index (χ3n) is 5.50. The second-order valence-electron chi connectivity index (χ2n) is 7.28. The van der Waals surface area contributed by atoms with E-state index in [9.17, 15) is 14.7 Å². The van der Waals surface area contributed by atoms with E-state index in [2.05, 4.69) is 19.0 Å². The SMILES string of the molecule is CN(CC1(N(C)C)CCC1)C(=O)[C@H]1[C@@H](C(=O)O)C1(C)C. The predicted octanol–water partition coefficient (Wildman–Crippen LogP) is 1.29. The topological polar surface area (TPSA) is 60.9 Å². The van der Waals surface area contributed by atoms with Crippen molar-refractivity contribution < 1.29 is 14.7 Å². The van der Waals surface area contributed by atoms with E-state index in [0.717, 1.165) is 12.8 Å². The Hall–Kier alpha value is -1.10. The summed E-state index contributed by atoms with van der Waals surface area (Å²) in [5, 5.41) is 9.19. The molecule has 0 aromatic carbocycles. The molecule has 114 valence electrons. The molecular formula is C15H26N2O3. The molecule has 2 aliphatic carbocycles. The third kappa shape index (κ3) is 2.22. The summed E-state index contributed by atoms with van der Waals surface area (Å²) >= 11 is 0. The Labute approximate surface area is 120 Å².